The van der Waals surface area contributed by atoms with E-state index in [2.05, 4.69) is 26.2 Å². The first-order valence-corrected chi connectivity index (χ1v) is 9.97. The predicted molar refractivity (Wildman–Crippen MR) is 112 cm³/mol. The van der Waals surface area contributed by atoms with Crippen molar-refractivity contribution in [3.05, 3.63) is 57.8 Å². The summed E-state index contributed by atoms with van der Waals surface area (Å²) in [7, 11) is 1.41. The van der Waals surface area contributed by atoms with Crippen LogP contribution in [0.3, 0.4) is 0 Å². The Hall–Kier alpha value is -2.53. The Kier molecular flexibility index (Phi) is 6.65. The molecule has 0 radical (unpaired) electrons. The summed E-state index contributed by atoms with van der Waals surface area (Å²) in [5.41, 5.74) is -1.07. The summed E-state index contributed by atoms with van der Waals surface area (Å²) in [6, 6.07) is 7.62. The van der Waals surface area contributed by atoms with Gasteiger partial charge in [-0.05, 0) is 39.7 Å². The molecule has 1 unspecified atom stereocenters. The van der Waals surface area contributed by atoms with Crippen LogP contribution in [0.2, 0.25) is 0 Å². The first-order valence-electron chi connectivity index (χ1n) is 9.18. The van der Waals surface area contributed by atoms with Gasteiger partial charge in [0, 0.05) is 23.4 Å². The van der Waals surface area contributed by atoms with E-state index in [0.717, 1.165) is 17.3 Å². The number of nitrogens with zero attached hydrogens (tertiary/aromatic N) is 2. The van der Waals surface area contributed by atoms with Crippen LogP contribution in [0.25, 0.3) is 0 Å². The fourth-order valence-corrected chi connectivity index (χ4v) is 3.60. The molecule has 6 nitrogen and oxygen atoms in total. The summed E-state index contributed by atoms with van der Waals surface area (Å²) in [4.78, 5) is 4.95. The molecule has 0 aliphatic carbocycles. The van der Waals surface area contributed by atoms with E-state index in [1.165, 1.54) is 13.2 Å². The molecular formula is C20H20BrF4N5O. The van der Waals surface area contributed by atoms with Gasteiger partial charge >= 0.3 is 6.18 Å². The third-order valence-corrected chi connectivity index (χ3v) is 5.59. The Labute approximate surface area is 184 Å². The molecule has 1 saturated heterocycles. The van der Waals surface area contributed by atoms with Crippen LogP contribution in [0, 0.1) is 10.8 Å². The van der Waals surface area contributed by atoms with Gasteiger partial charge in [-0.1, -0.05) is 12.1 Å². The zero-order chi connectivity index (χ0) is 22.8. The number of hydrogen-bond acceptors (Lipinski definition) is 5. The maximum absolute atomic E-state index is 15.2. The molecule has 1 aromatic carbocycles. The van der Waals surface area contributed by atoms with E-state index in [9.17, 15) is 13.2 Å². The fourth-order valence-electron chi connectivity index (χ4n) is 3.27. The van der Waals surface area contributed by atoms with Gasteiger partial charge in [-0.2, -0.15) is 13.2 Å². The minimum Gasteiger partial charge on any atom is -0.379 e. The van der Waals surface area contributed by atoms with Gasteiger partial charge in [0.05, 0.1) is 42.8 Å². The van der Waals surface area contributed by atoms with Crippen molar-refractivity contribution in [2.24, 2.45) is 0 Å². The quantitative estimate of drug-likeness (QED) is 0.294. The van der Waals surface area contributed by atoms with Crippen LogP contribution in [0.5, 0.6) is 0 Å². The molecule has 0 bridgehead atoms. The second kappa shape index (κ2) is 8.91. The standard InChI is InChI=1S/C20H20BrF4N5O/c1-30(11-26)18(27)17(22)19(9-31-10-19)12-3-2-4-14(5-12)28-8-16-15(20(23,24)25)6-13(21)7-29-16/h2-7,11,17,26-28H,8-10H2,1H3. The maximum atomic E-state index is 15.2. The van der Waals surface area contributed by atoms with E-state index in [1.807, 2.05) is 0 Å². The highest BCUT2D eigenvalue weighted by atomic mass is 79.9. The van der Waals surface area contributed by atoms with E-state index in [4.69, 9.17) is 15.6 Å². The second-order valence-corrected chi connectivity index (χ2v) is 8.13. The van der Waals surface area contributed by atoms with Gasteiger partial charge in [-0.15, -0.1) is 0 Å². The molecule has 3 N–H and O–H groups in total. The molecule has 2 aromatic rings. The predicted octanol–water partition coefficient (Wildman–Crippen LogP) is 4.60. The third kappa shape index (κ3) is 4.72. The van der Waals surface area contributed by atoms with Crippen molar-refractivity contribution in [3.8, 4) is 0 Å². The van der Waals surface area contributed by atoms with Crippen molar-refractivity contribution >= 4 is 33.8 Å². The lowest BCUT2D eigenvalue weighted by Gasteiger charge is -2.45. The van der Waals surface area contributed by atoms with Crippen molar-refractivity contribution in [2.45, 2.75) is 24.3 Å². The molecule has 1 atom stereocenters. The summed E-state index contributed by atoms with van der Waals surface area (Å²) >= 11 is 3.01. The number of pyridine rings is 1. The molecule has 11 heteroatoms. The van der Waals surface area contributed by atoms with E-state index in [-0.39, 0.29) is 35.8 Å². The van der Waals surface area contributed by atoms with Gasteiger partial charge in [-0.3, -0.25) is 15.8 Å². The van der Waals surface area contributed by atoms with Gasteiger partial charge in [0.1, 0.15) is 5.84 Å². The molecule has 31 heavy (non-hydrogen) atoms. The van der Waals surface area contributed by atoms with Crippen LogP contribution < -0.4 is 5.32 Å². The van der Waals surface area contributed by atoms with Gasteiger partial charge in [0.25, 0.3) is 0 Å². The van der Waals surface area contributed by atoms with Crippen LogP contribution in [-0.2, 0) is 22.9 Å². The molecule has 166 valence electrons. The molecule has 2 heterocycles. The lowest BCUT2D eigenvalue weighted by Crippen LogP contribution is -2.58. The largest absolute Gasteiger partial charge is 0.418 e. The number of hydrogen-bond donors (Lipinski definition) is 3. The third-order valence-electron chi connectivity index (χ3n) is 5.16. The maximum Gasteiger partial charge on any atom is 0.418 e. The topological polar surface area (TPSA) is 85.1 Å². The highest BCUT2D eigenvalue weighted by Crippen LogP contribution is 2.39. The van der Waals surface area contributed by atoms with Crippen LogP contribution in [0.15, 0.2) is 41.0 Å². The minimum absolute atomic E-state index is 0.0539. The Bertz CT molecular complexity index is 980. The summed E-state index contributed by atoms with van der Waals surface area (Å²) in [5, 5.41) is 18.1. The molecule has 0 amide bonds. The van der Waals surface area contributed by atoms with Crippen LogP contribution in [0.1, 0.15) is 16.8 Å². The van der Waals surface area contributed by atoms with Gasteiger partial charge < -0.3 is 15.0 Å². The molecule has 3 rings (SSSR count). The van der Waals surface area contributed by atoms with Gasteiger partial charge in [0.15, 0.2) is 6.17 Å². The van der Waals surface area contributed by atoms with Crippen LogP contribution in [0.4, 0.5) is 23.2 Å². The molecule has 1 aromatic heterocycles. The van der Waals surface area contributed by atoms with Gasteiger partial charge in [0.2, 0.25) is 0 Å². The number of amidine groups is 1. The summed E-state index contributed by atoms with van der Waals surface area (Å²) in [6.45, 7) is -0.0723. The van der Waals surface area contributed by atoms with E-state index < -0.39 is 23.3 Å². The molecule has 1 aliphatic heterocycles. The van der Waals surface area contributed by atoms with Crippen LogP contribution >= 0.6 is 15.9 Å². The fraction of sp³-hybridized carbons (Fsp3) is 0.350. The van der Waals surface area contributed by atoms with Crippen molar-refractivity contribution in [2.75, 3.05) is 25.6 Å². The van der Waals surface area contributed by atoms with E-state index in [0.29, 0.717) is 11.3 Å². The summed E-state index contributed by atoms with van der Waals surface area (Å²) in [6.07, 6.45) is -4.12. The zero-order valence-electron chi connectivity index (χ0n) is 16.4. The molecular weight excluding hydrogens is 482 g/mol. The molecule has 0 saturated carbocycles. The number of anilines is 1. The van der Waals surface area contributed by atoms with E-state index >= 15 is 4.39 Å². The number of alkyl halides is 4. The Morgan fingerprint density at radius 3 is 2.68 bits per heavy atom. The lowest BCUT2D eigenvalue weighted by molar-refractivity contribution is -0.138. The number of nitrogens with one attached hydrogen (secondary N) is 3. The Morgan fingerprint density at radius 2 is 2.10 bits per heavy atom. The van der Waals surface area contributed by atoms with Crippen molar-refractivity contribution in [1.82, 2.24) is 9.88 Å². The Balaban J connectivity index is 1.83. The number of aromatic nitrogens is 1. The number of ether oxygens (including phenoxy) is 1. The number of rotatable bonds is 7. The number of halogens is 5. The van der Waals surface area contributed by atoms with Gasteiger partial charge in [-0.25, -0.2) is 4.39 Å². The summed E-state index contributed by atoms with van der Waals surface area (Å²) < 4.78 is 60.6. The lowest BCUT2D eigenvalue weighted by atomic mass is 9.74. The highest BCUT2D eigenvalue weighted by Gasteiger charge is 2.50. The van der Waals surface area contributed by atoms with Crippen molar-refractivity contribution in [1.29, 1.82) is 10.8 Å². The average Bonchev–Trinajstić information content (AvgIpc) is 2.70. The number of benzene rings is 1. The second-order valence-electron chi connectivity index (χ2n) is 7.22. The molecule has 1 aliphatic rings. The van der Waals surface area contributed by atoms with Crippen LogP contribution in [-0.4, -0.2) is 48.5 Å². The smallest absolute Gasteiger partial charge is 0.379 e. The van der Waals surface area contributed by atoms with E-state index in [1.54, 1.807) is 24.3 Å². The highest BCUT2D eigenvalue weighted by molar-refractivity contribution is 9.10. The normalized spacial score (nSPS) is 16.2. The summed E-state index contributed by atoms with van der Waals surface area (Å²) in [5.74, 6) is -0.370. The Morgan fingerprint density at radius 1 is 1.39 bits per heavy atom. The first kappa shape index (κ1) is 23.1. The average molecular weight is 502 g/mol. The first-order chi connectivity index (χ1) is 14.6. The molecule has 0 spiro atoms. The van der Waals surface area contributed by atoms with Crippen molar-refractivity contribution in [3.63, 3.8) is 0 Å². The van der Waals surface area contributed by atoms with Crippen molar-refractivity contribution < 1.29 is 22.3 Å². The molecule has 1 fully saturated rings. The SMILES string of the molecule is CN(C=N)C(=N)C(F)C1(c2cccc(NCc3ncc(Br)cc3C(F)(F)F)c2)COC1. The monoisotopic (exact) mass is 501 g/mol. The minimum atomic E-state index is -4.55. The zero-order valence-corrected chi connectivity index (χ0v) is 18.0.